The molecule has 25 heavy (non-hydrogen) atoms. The summed E-state index contributed by atoms with van der Waals surface area (Å²) in [6, 6.07) is 5.82. The van der Waals surface area contributed by atoms with Gasteiger partial charge < -0.3 is 15.4 Å². The number of carbonyl (C=O) groups is 1. The molecule has 3 unspecified atom stereocenters. The molecule has 3 rings (SSSR count). The molecule has 0 saturated heterocycles. The van der Waals surface area contributed by atoms with E-state index in [0.29, 0.717) is 5.56 Å². The van der Waals surface area contributed by atoms with Gasteiger partial charge in [-0.2, -0.15) is 5.10 Å². The van der Waals surface area contributed by atoms with Gasteiger partial charge in [-0.05, 0) is 31.4 Å². The largest absolute Gasteiger partial charge is 0.375 e. The van der Waals surface area contributed by atoms with Gasteiger partial charge in [-0.3, -0.25) is 5.10 Å². The van der Waals surface area contributed by atoms with Crippen LogP contribution < -0.4 is 10.6 Å². The summed E-state index contributed by atoms with van der Waals surface area (Å²) in [5, 5.41) is 12.8. The van der Waals surface area contributed by atoms with Crippen LogP contribution in [0.2, 0.25) is 0 Å². The zero-order valence-corrected chi connectivity index (χ0v) is 14.4. The Bertz CT molecular complexity index is 733. The van der Waals surface area contributed by atoms with Crippen LogP contribution in [-0.4, -0.2) is 35.4 Å². The molecule has 0 aliphatic heterocycles. The van der Waals surface area contributed by atoms with Crippen LogP contribution in [0, 0.1) is 5.82 Å². The minimum absolute atomic E-state index is 0.0506. The van der Waals surface area contributed by atoms with E-state index in [9.17, 15) is 9.18 Å². The fraction of sp³-hybridized carbons (Fsp3) is 0.444. The lowest BCUT2D eigenvalue weighted by Gasteiger charge is -2.27. The van der Waals surface area contributed by atoms with Crippen LogP contribution >= 0.6 is 0 Å². The Morgan fingerprint density at radius 3 is 3.00 bits per heavy atom. The molecule has 0 fully saturated rings. The number of fused-ring (bicyclic) bond motifs is 1. The fourth-order valence-corrected chi connectivity index (χ4v) is 3.35. The standard InChI is InChI=1S/C18H23FN4O2/c1-11(17(25-2)14-5-3-4-6-15(14)19)21-18(24)22-13-8-7-12-10-20-23-16(12)9-13/h3-6,10-11,13,17H,7-9H2,1-2H3,(H,20,23)(H2,21,22,24). The molecule has 2 amide bonds. The number of aromatic amines is 1. The van der Waals surface area contributed by atoms with Crippen LogP contribution in [0.25, 0.3) is 0 Å². The number of methoxy groups -OCH3 is 1. The van der Waals surface area contributed by atoms with E-state index in [0.717, 1.165) is 25.0 Å². The van der Waals surface area contributed by atoms with E-state index in [1.54, 1.807) is 25.1 Å². The van der Waals surface area contributed by atoms with Gasteiger partial charge in [0.15, 0.2) is 0 Å². The van der Waals surface area contributed by atoms with Crippen molar-refractivity contribution in [1.82, 2.24) is 20.8 Å². The second kappa shape index (κ2) is 7.65. The van der Waals surface area contributed by atoms with Gasteiger partial charge in [0.2, 0.25) is 0 Å². The molecular formula is C18H23FN4O2. The molecule has 0 bridgehead atoms. The van der Waals surface area contributed by atoms with Crippen molar-refractivity contribution in [3.63, 3.8) is 0 Å². The van der Waals surface area contributed by atoms with Crippen LogP contribution in [-0.2, 0) is 17.6 Å². The number of nitrogens with one attached hydrogen (secondary N) is 3. The van der Waals surface area contributed by atoms with Crippen molar-refractivity contribution in [1.29, 1.82) is 0 Å². The van der Waals surface area contributed by atoms with Gasteiger partial charge >= 0.3 is 6.03 Å². The maximum Gasteiger partial charge on any atom is 0.315 e. The first kappa shape index (κ1) is 17.4. The summed E-state index contributed by atoms with van der Waals surface area (Å²) >= 11 is 0. The Hall–Kier alpha value is -2.41. The number of ether oxygens (including phenoxy) is 1. The van der Waals surface area contributed by atoms with Crippen molar-refractivity contribution in [2.24, 2.45) is 0 Å². The fourth-order valence-electron chi connectivity index (χ4n) is 3.35. The second-order valence-corrected chi connectivity index (χ2v) is 6.40. The maximum atomic E-state index is 14.0. The average molecular weight is 346 g/mol. The van der Waals surface area contributed by atoms with Gasteiger partial charge in [0.05, 0.1) is 12.2 Å². The first-order valence-corrected chi connectivity index (χ1v) is 8.44. The molecule has 0 saturated carbocycles. The van der Waals surface area contributed by atoms with E-state index < -0.39 is 6.10 Å². The first-order valence-electron chi connectivity index (χ1n) is 8.44. The zero-order valence-electron chi connectivity index (χ0n) is 14.4. The number of hydrogen-bond acceptors (Lipinski definition) is 3. The molecule has 0 spiro atoms. The molecule has 134 valence electrons. The summed E-state index contributed by atoms with van der Waals surface area (Å²) in [7, 11) is 1.51. The summed E-state index contributed by atoms with van der Waals surface area (Å²) in [5.74, 6) is -0.345. The minimum atomic E-state index is -0.558. The topological polar surface area (TPSA) is 79.0 Å². The number of urea groups is 1. The van der Waals surface area contributed by atoms with E-state index in [1.165, 1.54) is 18.7 Å². The Morgan fingerprint density at radius 1 is 1.44 bits per heavy atom. The molecule has 1 heterocycles. The number of halogens is 1. The van der Waals surface area contributed by atoms with Crippen molar-refractivity contribution < 1.29 is 13.9 Å². The van der Waals surface area contributed by atoms with Crippen LogP contribution in [0.3, 0.4) is 0 Å². The number of aromatic nitrogens is 2. The van der Waals surface area contributed by atoms with Gasteiger partial charge in [0, 0.05) is 30.8 Å². The zero-order chi connectivity index (χ0) is 17.8. The quantitative estimate of drug-likeness (QED) is 0.778. The number of rotatable bonds is 5. The second-order valence-electron chi connectivity index (χ2n) is 6.40. The third-order valence-electron chi connectivity index (χ3n) is 4.63. The molecular weight excluding hydrogens is 323 g/mol. The van der Waals surface area contributed by atoms with Gasteiger partial charge in [-0.15, -0.1) is 0 Å². The number of hydrogen-bond donors (Lipinski definition) is 3. The monoisotopic (exact) mass is 346 g/mol. The van der Waals surface area contributed by atoms with E-state index in [-0.39, 0.29) is 23.9 Å². The molecule has 1 aromatic heterocycles. The van der Waals surface area contributed by atoms with E-state index in [1.807, 2.05) is 6.20 Å². The number of amides is 2. The van der Waals surface area contributed by atoms with Crippen LogP contribution in [0.1, 0.15) is 36.3 Å². The molecule has 0 radical (unpaired) electrons. The molecule has 2 aromatic rings. The van der Waals surface area contributed by atoms with Crippen molar-refractivity contribution in [3.8, 4) is 0 Å². The van der Waals surface area contributed by atoms with Crippen LogP contribution in [0.15, 0.2) is 30.5 Å². The Balaban J connectivity index is 1.58. The summed E-state index contributed by atoms with van der Waals surface area (Å²) in [6.45, 7) is 1.80. The number of benzene rings is 1. The highest BCUT2D eigenvalue weighted by atomic mass is 19.1. The van der Waals surface area contributed by atoms with E-state index in [4.69, 9.17) is 4.74 Å². The van der Waals surface area contributed by atoms with E-state index >= 15 is 0 Å². The maximum absolute atomic E-state index is 14.0. The van der Waals surface area contributed by atoms with Gasteiger partial charge in [-0.1, -0.05) is 18.2 Å². The lowest BCUT2D eigenvalue weighted by atomic mass is 9.94. The summed E-state index contributed by atoms with van der Waals surface area (Å²) in [4.78, 5) is 12.3. The number of aryl methyl sites for hydroxylation is 1. The smallest absolute Gasteiger partial charge is 0.315 e. The highest BCUT2D eigenvalue weighted by Gasteiger charge is 2.25. The molecule has 6 nitrogen and oxygen atoms in total. The lowest BCUT2D eigenvalue weighted by Crippen LogP contribution is -2.48. The third kappa shape index (κ3) is 3.99. The minimum Gasteiger partial charge on any atom is -0.375 e. The SMILES string of the molecule is COC(c1ccccc1F)C(C)NC(=O)NC1CCc2cn[nH]c2C1. The van der Waals surface area contributed by atoms with Crippen LogP contribution in [0.5, 0.6) is 0 Å². The van der Waals surface area contributed by atoms with E-state index in [2.05, 4.69) is 20.8 Å². The first-order chi connectivity index (χ1) is 12.1. The predicted octanol–water partition coefficient (Wildman–Crippen LogP) is 2.48. The normalized spacial score (nSPS) is 18.9. The van der Waals surface area contributed by atoms with Gasteiger partial charge in [-0.25, -0.2) is 9.18 Å². The molecule has 1 aliphatic rings. The van der Waals surface area contributed by atoms with Gasteiger partial charge in [0.1, 0.15) is 11.9 Å². The molecule has 3 N–H and O–H groups in total. The average Bonchev–Trinajstić information content (AvgIpc) is 3.04. The van der Waals surface area contributed by atoms with Crippen LogP contribution in [0.4, 0.5) is 9.18 Å². The van der Waals surface area contributed by atoms with Crippen molar-refractivity contribution >= 4 is 6.03 Å². The predicted molar refractivity (Wildman–Crippen MR) is 91.7 cm³/mol. The van der Waals surface area contributed by atoms with Crippen molar-refractivity contribution in [3.05, 3.63) is 53.1 Å². The number of nitrogens with zero attached hydrogens (tertiary/aromatic N) is 1. The third-order valence-corrected chi connectivity index (χ3v) is 4.63. The lowest BCUT2D eigenvalue weighted by molar-refractivity contribution is 0.0731. The summed E-state index contributed by atoms with van der Waals surface area (Å²) in [5.41, 5.74) is 2.72. The summed E-state index contributed by atoms with van der Waals surface area (Å²) < 4.78 is 19.4. The molecule has 7 heteroatoms. The highest BCUT2D eigenvalue weighted by molar-refractivity contribution is 5.74. The van der Waals surface area contributed by atoms with Crippen molar-refractivity contribution in [2.45, 2.75) is 44.4 Å². The summed E-state index contributed by atoms with van der Waals surface area (Å²) in [6.07, 6.45) is 3.78. The molecule has 3 atom stereocenters. The Morgan fingerprint density at radius 2 is 2.24 bits per heavy atom. The Kier molecular flexibility index (Phi) is 5.33. The van der Waals surface area contributed by atoms with Crippen molar-refractivity contribution in [2.75, 3.05) is 7.11 Å². The number of carbonyl (C=O) groups excluding carboxylic acids is 1. The molecule has 1 aromatic carbocycles. The van der Waals surface area contributed by atoms with Gasteiger partial charge in [0.25, 0.3) is 0 Å². The number of H-pyrrole nitrogens is 1. The molecule has 1 aliphatic carbocycles. The highest BCUT2D eigenvalue weighted by Crippen LogP contribution is 2.23. The Labute approximate surface area is 146 Å².